The highest BCUT2D eigenvalue weighted by Gasteiger charge is 2.12. The SMILES string of the molecule is C[C@H](CC(=O)n1cccn1)Sc1ccc(Cl)cc1. The first kappa shape index (κ1) is 13.2. The number of aromatic nitrogens is 2. The third kappa shape index (κ3) is 3.62. The smallest absolute Gasteiger partial charge is 0.247 e. The fourth-order valence-corrected chi connectivity index (χ4v) is 2.65. The lowest BCUT2D eigenvalue weighted by atomic mass is 10.3. The van der Waals surface area contributed by atoms with Crippen LogP contribution >= 0.6 is 23.4 Å². The lowest BCUT2D eigenvalue weighted by molar-refractivity contribution is 0.0888. The number of carbonyl (C=O) groups excluding carboxylic acids is 1. The van der Waals surface area contributed by atoms with Crippen LogP contribution in [-0.2, 0) is 0 Å². The minimum absolute atomic E-state index is 0.00830. The van der Waals surface area contributed by atoms with Crippen LogP contribution < -0.4 is 0 Å². The van der Waals surface area contributed by atoms with Crippen molar-refractivity contribution >= 4 is 29.3 Å². The van der Waals surface area contributed by atoms with Crippen molar-refractivity contribution in [2.24, 2.45) is 0 Å². The van der Waals surface area contributed by atoms with Crippen LogP contribution in [0.25, 0.3) is 0 Å². The first-order valence-corrected chi connectivity index (χ1v) is 6.86. The average Bonchev–Trinajstić information content (AvgIpc) is 2.85. The van der Waals surface area contributed by atoms with Gasteiger partial charge in [0.1, 0.15) is 0 Å². The largest absolute Gasteiger partial charge is 0.273 e. The lowest BCUT2D eigenvalue weighted by Crippen LogP contribution is -2.15. The van der Waals surface area contributed by atoms with E-state index in [0.29, 0.717) is 6.42 Å². The molecule has 0 N–H and O–H groups in total. The Kier molecular flexibility index (Phi) is 4.44. The van der Waals surface area contributed by atoms with Gasteiger partial charge in [0.15, 0.2) is 0 Å². The number of benzene rings is 1. The molecular weight excluding hydrogens is 268 g/mol. The Labute approximate surface area is 115 Å². The van der Waals surface area contributed by atoms with Crippen LogP contribution in [0.3, 0.4) is 0 Å². The van der Waals surface area contributed by atoms with Crippen molar-refractivity contribution in [3.05, 3.63) is 47.7 Å². The van der Waals surface area contributed by atoms with Crippen molar-refractivity contribution in [2.75, 3.05) is 0 Å². The first-order valence-electron chi connectivity index (χ1n) is 5.60. The molecular formula is C13H13ClN2OS. The van der Waals surface area contributed by atoms with Crippen LogP contribution in [0.15, 0.2) is 47.6 Å². The quantitative estimate of drug-likeness (QED) is 0.800. The molecule has 0 aliphatic heterocycles. The Bertz CT molecular complexity index is 510. The van der Waals surface area contributed by atoms with E-state index in [1.165, 1.54) is 4.68 Å². The summed E-state index contributed by atoms with van der Waals surface area (Å²) >= 11 is 7.48. The van der Waals surface area contributed by atoms with E-state index in [4.69, 9.17) is 11.6 Å². The molecule has 0 unspecified atom stereocenters. The molecule has 1 atom stereocenters. The Morgan fingerprint density at radius 3 is 2.78 bits per heavy atom. The Hall–Kier alpha value is -1.26. The zero-order valence-corrected chi connectivity index (χ0v) is 11.5. The summed E-state index contributed by atoms with van der Waals surface area (Å²) < 4.78 is 1.37. The molecule has 5 heteroatoms. The van der Waals surface area contributed by atoms with Gasteiger partial charge >= 0.3 is 0 Å². The first-order chi connectivity index (χ1) is 8.65. The second-order valence-corrected chi connectivity index (χ2v) is 5.88. The van der Waals surface area contributed by atoms with E-state index in [-0.39, 0.29) is 11.2 Å². The van der Waals surface area contributed by atoms with Crippen molar-refractivity contribution in [2.45, 2.75) is 23.5 Å². The standard InChI is InChI=1S/C13H13ClN2OS/c1-10(9-13(17)16-8-2-7-15-16)18-12-5-3-11(14)4-6-12/h2-8,10H,9H2,1H3/t10-/m1/s1. The number of hydrogen-bond acceptors (Lipinski definition) is 3. The summed E-state index contributed by atoms with van der Waals surface area (Å²) in [5.41, 5.74) is 0. The van der Waals surface area contributed by atoms with Crippen molar-refractivity contribution in [1.29, 1.82) is 0 Å². The summed E-state index contributed by atoms with van der Waals surface area (Å²) in [5, 5.41) is 4.85. The van der Waals surface area contributed by atoms with Crippen LogP contribution in [-0.4, -0.2) is 20.9 Å². The molecule has 2 rings (SSSR count). The molecule has 0 radical (unpaired) electrons. The predicted octanol–water partition coefficient (Wildman–Crippen LogP) is 3.75. The zero-order valence-electron chi connectivity index (χ0n) is 9.91. The molecule has 3 nitrogen and oxygen atoms in total. The van der Waals surface area contributed by atoms with E-state index in [1.54, 1.807) is 30.2 Å². The van der Waals surface area contributed by atoms with E-state index >= 15 is 0 Å². The van der Waals surface area contributed by atoms with E-state index in [0.717, 1.165) is 9.92 Å². The number of halogens is 1. The minimum atomic E-state index is 0.00830. The van der Waals surface area contributed by atoms with Gasteiger partial charge in [-0.3, -0.25) is 4.79 Å². The van der Waals surface area contributed by atoms with Gasteiger partial charge in [0.2, 0.25) is 5.91 Å². The highest BCUT2D eigenvalue weighted by Crippen LogP contribution is 2.26. The van der Waals surface area contributed by atoms with E-state index < -0.39 is 0 Å². The number of hydrogen-bond donors (Lipinski definition) is 0. The highest BCUT2D eigenvalue weighted by atomic mass is 35.5. The van der Waals surface area contributed by atoms with Gasteiger partial charge < -0.3 is 0 Å². The van der Waals surface area contributed by atoms with Crippen LogP contribution in [0.2, 0.25) is 5.02 Å². The maximum Gasteiger partial charge on any atom is 0.247 e. The summed E-state index contributed by atoms with van der Waals surface area (Å²) in [4.78, 5) is 12.9. The zero-order chi connectivity index (χ0) is 13.0. The van der Waals surface area contributed by atoms with Gasteiger partial charge in [-0.15, -0.1) is 11.8 Å². The maximum atomic E-state index is 11.8. The molecule has 18 heavy (non-hydrogen) atoms. The van der Waals surface area contributed by atoms with Gasteiger partial charge in [0.05, 0.1) is 0 Å². The lowest BCUT2D eigenvalue weighted by Gasteiger charge is -2.10. The fraction of sp³-hybridized carbons (Fsp3) is 0.231. The monoisotopic (exact) mass is 280 g/mol. The van der Waals surface area contributed by atoms with Crippen molar-refractivity contribution in [1.82, 2.24) is 9.78 Å². The topological polar surface area (TPSA) is 34.9 Å². The van der Waals surface area contributed by atoms with E-state index in [9.17, 15) is 4.79 Å². The molecule has 0 spiro atoms. The summed E-state index contributed by atoms with van der Waals surface area (Å²) in [5.74, 6) is 0.00830. The molecule has 0 saturated carbocycles. The summed E-state index contributed by atoms with van der Waals surface area (Å²) in [6.45, 7) is 2.03. The third-order valence-electron chi connectivity index (χ3n) is 2.37. The summed E-state index contributed by atoms with van der Waals surface area (Å²) in [6, 6.07) is 9.37. The minimum Gasteiger partial charge on any atom is -0.273 e. The Morgan fingerprint density at radius 1 is 1.44 bits per heavy atom. The Morgan fingerprint density at radius 2 is 2.17 bits per heavy atom. The molecule has 94 valence electrons. The van der Waals surface area contributed by atoms with Gasteiger partial charge in [-0.25, -0.2) is 4.68 Å². The molecule has 0 saturated heterocycles. The molecule has 2 aromatic rings. The number of thioether (sulfide) groups is 1. The second-order valence-electron chi connectivity index (χ2n) is 3.93. The summed E-state index contributed by atoms with van der Waals surface area (Å²) in [7, 11) is 0. The molecule has 0 fully saturated rings. The number of carbonyl (C=O) groups is 1. The second kappa shape index (κ2) is 6.07. The molecule has 0 aliphatic rings. The maximum absolute atomic E-state index is 11.8. The van der Waals surface area contributed by atoms with Crippen molar-refractivity contribution in [3.8, 4) is 0 Å². The molecule has 1 heterocycles. The fourth-order valence-electron chi connectivity index (χ4n) is 1.54. The third-order valence-corrected chi connectivity index (χ3v) is 3.74. The molecule has 1 aromatic heterocycles. The number of rotatable bonds is 4. The van der Waals surface area contributed by atoms with Crippen molar-refractivity contribution in [3.63, 3.8) is 0 Å². The molecule has 0 bridgehead atoms. The molecule has 1 aromatic carbocycles. The summed E-state index contributed by atoms with van der Waals surface area (Å²) in [6.07, 6.45) is 3.73. The van der Waals surface area contributed by atoms with Crippen LogP contribution in [0.1, 0.15) is 18.1 Å². The van der Waals surface area contributed by atoms with Gasteiger partial charge in [0.25, 0.3) is 0 Å². The highest BCUT2D eigenvalue weighted by molar-refractivity contribution is 8.00. The van der Waals surface area contributed by atoms with E-state index in [2.05, 4.69) is 5.10 Å². The van der Waals surface area contributed by atoms with Crippen LogP contribution in [0.5, 0.6) is 0 Å². The Balaban J connectivity index is 1.90. The number of nitrogens with zero attached hydrogens (tertiary/aromatic N) is 2. The van der Waals surface area contributed by atoms with Crippen LogP contribution in [0.4, 0.5) is 0 Å². The molecule has 0 amide bonds. The van der Waals surface area contributed by atoms with E-state index in [1.807, 2.05) is 31.2 Å². The van der Waals surface area contributed by atoms with Gasteiger partial charge in [-0.2, -0.15) is 5.10 Å². The van der Waals surface area contributed by atoms with Crippen LogP contribution in [0, 0.1) is 0 Å². The van der Waals surface area contributed by atoms with Gasteiger partial charge in [-0.1, -0.05) is 18.5 Å². The normalized spacial score (nSPS) is 12.3. The molecule has 0 aliphatic carbocycles. The van der Waals surface area contributed by atoms with Crippen molar-refractivity contribution < 1.29 is 4.79 Å². The van der Waals surface area contributed by atoms with Gasteiger partial charge in [-0.05, 0) is 30.3 Å². The van der Waals surface area contributed by atoms with Gasteiger partial charge in [0, 0.05) is 34.0 Å². The predicted molar refractivity (Wildman–Crippen MR) is 74.2 cm³/mol. The average molecular weight is 281 g/mol.